The van der Waals surface area contributed by atoms with Gasteiger partial charge >= 0.3 is 0 Å². The topological polar surface area (TPSA) is 17.1 Å². The van der Waals surface area contributed by atoms with E-state index in [-0.39, 0.29) is 11.2 Å². The first kappa shape index (κ1) is 12.9. The minimum absolute atomic E-state index is 0.0753. The Morgan fingerprint density at radius 2 is 1.74 bits per heavy atom. The van der Waals surface area contributed by atoms with Crippen LogP contribution in [0.15, 0.2) is 42.5 Å². The van der Waals surface area contributed by atoms with Gasteiger partial charge in [-0.05, 0) is 24.1 Å². The Hall–Kier alpha value is -1.16. The molecule has 96 valence electrons. The largest absolute Gasteiger partial charge is 0.289 e. The number of hydrogen-bond donors (Lipinski definition) is 0. The SMILES string of the molecule is Cc1ccc2c(c1)C(=O)c1ccccc1C2(C)CI. The molecule has 0 saturated carbocycles. The fourth-order valence-corrected chi connectivity index (χ4v) is 3.75. The van der Waals surface area contributed by atoms with Gasteiger partial charge in [0.15, 0.2) is 5.78 Å². The van der Waals surface area contributed by atoms with Crippen molar-refractivity contribution in [1.82, 2.24) is 0 Å². The molecule has 0 N–H and O–H groups in total. The van der Waals surface area contributed by atoms with E-state index in [1.54, 1.807) is 0 Å². The van der Waals surface area contributed by atoms with Gasteiger partial charge in [-0.25, -0.2) is 0 Å². The second kappa shape index (κ2) is 4.44. The van der Waals surface area contributed by atoms with Gasteiger partial charge in [-0.2, -0.15) is 0 Å². The zero-order valence-electron chi connectivity index (χ0n) is 11.0. The monoisotopic (exact) mass is 362 g/mol. The van der Waals surface area contributed by atoms with Crippen LogP contribution in [0.4, 0.5) is 0 Å². The van der Waals surface area contributed by atoms with Crippen molar-refractivity contribution in [3.05, 3.63) is 70.3 Å². The number of ketones is 1. The zero-order valence-corrected chi connectivity index (χ0v) is 13.2. The molecule has 0 heterocycles. The van der Waals surface area contributed by atoms with Gasteiger partial charge in [0.25, 0.3) is 0 Å². The maximum atomic E-state index is 12.7. The summed E-state index contributed by atoms with van der Waals surface area (Å²) in [4.78, 5) is 12.7. The van der Waals surface area contributed by atoms with E-state index < -0.39 is 0 Å². The molecule has 2 heteroatoms. The quantitative estimate of drug-likeness (QED) is 0.547. The van der Waals surface area contributed by atoms with Gasteiger partial charge in [0, 0.05) is 21.0 Å². The first-order chi connectivity index (χ1) is 9.08. The van der Waals surface area contributed by atoms with Crippen LogP contribution in [0.3, 0.4) is 0 Å². The second-order valence-corrected chi connectivity index (χ2v) is 6.15. The fourth-order valence-electron chi connectivity index (χ4n) is 2.92. The molecular weight excluding hydrogens is 347 g/mol. The predicted molar refractivity (Wildman–Crippen MR) is 86.4 cm³/mol. The van der Waals surface area contributed by atoms with Crippen LogP contribution in [0.25, 0.3) is 0 Å². The van der Waals surface area contributed by atoms with Gasteiger partial charge in [0.05, 0.1) is 0 Å². The summed E-state index contributed by atoms with van der Waals surface area (Å²) in [5, 5.41) is 0. The first-order valence-corrected chi connectivity index (χ1v) is 7.92. The van der Waals surface area contributed by atoms with Crippen molar-refractivity contribution in [2.75, 3.05) is 4.43 Å². The number of rotatable bonds is 1. The highest BCUT2D eigenvalue weighted by Crippen LogP contribution is 2.42. The van der Waals surface area contributed by atoms with Crippen molar-refractivity contribution >= 4 is 28.4 Å². The number of carbonyl (C=O) groups is 1. The molecular formula is C17H15IO. The van der Waals surface area contributed by atoms with Gasteiger partial charge in [-0.15, -0.1) is 0 Å². The molecule has 1 atom stereocenters. The Bertz CT molecular complexity index is 675. The average molecular weight is 362 g/mol. The summed E-state index contributed by atoms with van der Waals surface area (Å²) >= 11 is 2.42. The smallest absolute Gasteiger partial charge is 0.193 e. The van der Waals surface area contributed by atoms with Gasteiger partial charge in [-0.1, -0.05) is 71.5 Å². The van der Waals surface area contributed by atoms with Gasteiger partial charge < -0.3 is 0 Å². The molecule has 0 bridgehead atoms. The van der Waals surface area contributed by atoms with E-state index in [2.05, 4.69) is 47.7 Å². The Balaban J connectivity index is 2.37. The predicted octanol–water partition coefficient (Wildman–Crippen LogP) is 4.28. The normalized spacial score (nSPS) is 20.9. The van der Waals surface area contributed by atoms with Crippen LogP contribution in [0.2, 0.25) is 0 Å². The van der Waals surface area contributed by atoms with E-state index in [4.69, 9.17) is 0 Å². The zero-order chi connectivity index (χ0) is 13.6. The molecule has 0 aliphatic heterocycles. The summed E-state index contributed by atoms with van der Waals surface area (Å²) in [7, 11) is 0. The van der Waals surface area contributed by atoms with Gasteiger partial charge in [0.1, 0.15) is 0 Å². The Morgan fingerprint density at radius 1 is 1.05 bits per heavy atom. The molecule has 0 aromatic heterocycles. The standard InChI is InChI=1S/C17H15IO/c1-11-7-8-15-13(9-11)16(19)12-5-3-4-6-14(12)17(15,2)10-18/h3-9H,10H2,1-2H3. The lowest BCUT2D eigenvalue weighted by Gasteiger charge is -2.36. The van der Waals surface area contributed by atoms with Crippen LogP contribution in [0, 0.1) is 6.92 Å². The summed E-state index contributed by atoms with van der Waals surface area (Å²) in [5.41, 5.74) is 5.12. The van der Waals surface area contributed by atoms with E-state index in [0.717, 1.165) is 32.2 Å². The third kappa shape index (κ3) is 1.76. The molecule has 0 saturated heterocycles. The third-order valence-corrected chi connectivity index (χ3v) is 5.57. The Morgan fingerprint density at radius 3 is 2.47 bits per heavy atom. The molecule has 1 nitrogen and oxygen atoms in total. The molecule has 1 aliphatic carbocycles. The Labute approximate surface area is 127 Å². The highest BCUT2D eigenvalue weighted by atomic mass is 127. The number of alkyl halides is 1. The number of hydrogen-bond acceptors (Lipinski definition) is 1. The summed E-state index contributed by atoms with van der Waals surface area (Å²) < 4.78 is 0.963. The maximum Gasteiger partial charge on any atom is 0.193 e. The van der Waals surface area contributed by atoms with Crippen molar-refractivity contribution < 1.29 is 4.79 Å². The van der Waals surface area contributed by atoms with Crippen LogP contribution >= 0.6 is 22.6 Å². The minimum atomic E-state index is -0.0753. The summed E-state index contributed by atoms with van der Waals surface area (Å²) in [6.07, 6.45) is 0. The maximum absolute atomic E-state index is 12.7. The van der Waals surface area contributed by atoms with E-state index in [1.165, 1.54) is 0 Å². The van der Waals surface area contributed by atoms with Crippen LogP contribution in [0.5, 0.6) is 0 Å². The lowest BCUT2D eigenvalue weighted by molar-refractivity contribution is 0.103. The van der Waals surface area contributed by atoms with Crippen molar-refractivity contribution in [2.24, 2.45) is 0 Å². The lowest BCUT2D eigenvalue weighted by atomic mass is 9.68. The fraction of sp³-hybridized carbons (Fsp3) is 0.235. The molecule has 3 rings (SSSR count). The van der Waals surface area contributed by atoms with Crippen molar-refractivity contribution in [1.29, 1.82) is 0 Å². The average Bonchev–Trinajstić information content (AvgIpc) is 2.44. The highest BCUT2D eigenvalue weighted by molar-refractivity contribution is 14.1. The van der Waals surface area contributed by atoms with E-state index in [9.17, 15) is 4.79 Å². The summed E-state index contributed by atoms with van der Waals surface area (Å²) in [6.45, 7) is 4.27. The molecule has 1 unspecified atom stereocenters. The van der Waals surface area contributed by atoms with Gasteiger partial charge in [0.2, 0.25) is 0 Å². The molecule has 0 amide bonds. The van der Waals surface area contributed by atoms with E-state index in [0.29, 0.717) is 0 Å². The number of carbonyl (C=O) groups excluding carboxylic acids is 1. The second-order valence-electron chi connectivity index (χ2n) is 5.39. The van der Waals surface area contributed by atoms with Crippen LogP contribution < -0.4 is 0 Å². The molecule has 2 aromatic carbocycles. The number of aryl methyl sites for hydroxylation is 1. The van der Waals surface area contributed by atoms with Crippen molar-refractivity contribution in [3.63, 3.8) is 0 Å². The number of fused-ring (bicyclic) bond motifs is 2. The minimum Gasteiger partial charge on any atom is -0.289 e. The summed E-state index contributed by atoms with van der Waals surface area (Å²) in [5.74, 6) is 0.164. The molecule has 19 heavy (non-hydrogen) atoms. The molecule has 0 fully saturated rings. The first-order valence-electron chi connectivity index (χ1n) is 6.39. The van der Waals surface area contributed by atoms with Crippen molar-refractivity contribution in [2.45, 2.75) is 19.3 Å². The lowest BCUT2D eigenvalue weighted by Crippen LogP contribution is -2.34. The van der Waals surface area contributed by atoms with Crippen LogP contribution in [0.1, 0.15) is 39.5 Å². The van der Waals surface area contributed by atoms with Crippen LogP contribution in [-0.4, -0.2) is 10.2 Å². The third-order valence-electron chi connectivity index (χ3n) is 4.05. The van der Waals surface area contributed by atoms with E-state index >= 15 is 0 Å². The van der Waals surface area contributed by atoms with Gasteiger partial charge in [-0.3, -0.25) is 4.79 Å². The number of halogens is 1. The summed E-state index contributed by atoms with van der Waals surface area (Å²) in [6, 6.07) is 14.3. The molecule has 0 spiro atoms. The molecule has 1 aliphatic rings. The van der Waals surface area contributed by atoms with E-state index in [1.807, 2.05) is 31.2 Å². The number of benzene rings is 2. The van der Waals surface area contributed by atoms with Crippen LogP contribution in [-0.2, 0) is 5.41 Å². The van der Waals surface area contributed by atoms with Crippen molar-refractivity contribution in [3.8, 4) is 0 Å². The Kier molecular flexibility index (Phi) is 3.01. The highest BCUT2D eigenvalue weighted by Gasteiger charge is 2.38. The molecule has 2 aromatic rings. The molecule has 0 radical (unpaired) electrons.